The van der Waals surface area contributed by atoms with Gasteiger partial charge in [-0.25, -0.2) is 9.18 Å². The summed E-state index contributed by atoms with van der Waals surface area (Å²) in [7, 11) is 1.47. The summed E-state index contributed by atoms with van der Waals surface area (Å²) in [6.45, 7) is 5.84. The van der Waals surface area contributed by atoms with Gasteiger partial charge in [-0.15, -0.1) is 0 Å². The summed E-state index contributed by atoms with van der Waals surface area (Å²) < 4.78 is 25.8. The normalized spacial score (nSPS) is 19.5. The van der Waals surface area contributed by atoms with Crippen LogP contribution in [0.5, 0.6) is 0 Å². The molecule has 10 nitrogen and oxygen atoms in total. The molecule has 3 heterocycles. The Hall–Kier alpha value is -2.95. The fraction of sp³-hybridized carbons (Fsp3) is 0.529. The molecule has 1 saturated heterocycles. The van der Waals surface area contributed by atoms with Crippen molar-refractivity contribution in [2.24, 2.45) is 7.05 Å². The topological polar surface area (TPSA) is 123 Å². The predicted molar refractivity (Wildman–Crippen MR) is 96.2 cm³/mol. The molecule has 0 aromatic carbocycles. The predicted octanol–water partition coefficient (Wildman–Crippen LogP) is 1.89. The van der Waals surface area contributed by atoms with Gasteiger partial charge in [0.25, 0.3) is 5.91 Å². The van der Waals surface area contributed by atoms with E-state index in [9.17, 15) is 14.0 Å². The van der Waals surface area contributed by atoms with Crippen LogP contribution in [0.15, 0.2) is 12.3 Å². The summed E-state index contributed by atoms with van der Waals surface area (Å²) >= 11 is 0. The average Bonchev–Trinajstić information content (AvgIpc) is 3.26. The molecular formula is C17H23FN6O4. The van der Waals surface area contributed by atoms with Gasteiger partial charge in [0.1, 0.15) is 12.2 Å². The number of halogens is 1. The van der Waals surface area contributed by atoms with Crippen molar-refractivity contribution < 1.29 is 23.5 Å². The van der Waals surface area contributed by atoms with Crippen LogP contribution in [0.3, 0.4) is 0 Å². The van der Waals surface area contributed by atoms with Crippen LogP contribution in [0.1, 0.15) is 49.5 Å². The molecule has 2 aromatic rings. The Morgan fingerprint density at radius 2 is 2.18 bits per heavy atom. The molecule has 1 aliphatic heterocycles. The van der Waals surface area contributed by atoms with Gasteiger partial charge in [-0.05, 0) is 20.8 Å². The van der Waals surface area contributed by atoms with Crippen LogP contribution >= 0.6 is 0 Å². The van der Waals surface area contributed by atoms with Gasteiger partial charge in [-0.3, -0.25) is 14.6 Å². The molecule has 1 fully saturated rings. The molecule has 0 saturated carbocycles. The Bertz CT molecular complexity index is 852. The molecule has 1 aliphatic rings. The van der Waals surface area contributed by atoms with Gasteiger partial charge < -0.3 is 20.1 Å². The Labute approximate surface area is 160 Å². The van der Waals surface area contributed by atoms with Crippen LogP contribution in [0.25, 0.3) is 0 Å². The van der Waals surface area contributed by atoms with Gasteiger partial charge in [-0.1, -0.05) is 0 Å². The van der Waals surface area contributed by atoms with Crippen molar-refractivity contribution >= 4 is 17.8 Å². The monoisotopic (exact) mass is 394 g/mol. The number of aromatic amines is 1. The lowest BCUT2D eigenvalue weighted by Gasteiger charge is -2.21. The zero-order chi connectivity index (χ0) is 20.5. The van der Waals surface area contributed by atoms with E-state index in [0.29, 0.717) is 12.1 Å². The number of hydrogen-bond acceptors (Lipinski definition) is 6. The van der Waals surface area contributed by atoms with E-state index in [-0.39, 0.29) is 29.8 Å². The van der Waals surface area contributed by atoms with E-state index in [1.165, 1.54) is 7.05 Å². The van der Waals surface area contributed by atoms with Gasteiger partial charge in [-0.2, -0.15) is 10.2 Å². The van der Waals surface area contributed by atoms with Crippen LogP contribution in [-0.4, -0.2) is 50.2 Å². The second-order valence-electron chi connectivity index (χ2n) is 7.59. The van der Waals surface area contributed by atoms with Crippen LogP contribution in [0.4, 0.5) is 15.0 Å². The number of ether oxygens (including phenoxy) is 2. The van der Waals surface area contributed by atoms with E-state index < -0.39 is 23.9 Å². The Balaban J connectivity index is 1.56. The minimum Gasteiger partial charge on any atom is -0.444 e. The Morgan fingerprint density at radius 3 is 2.82 bits per heavy atom. The Kier molecular flexibility index (Phi) is 5.36. The maximum Gasteiger partial charge on any atom is 0.407 e. The van der Waals surface area contributed by atoms with Crippen LogP contribution in [-0.2, 0) is 16.5 Å². The summed E-state index contributed by atoms with van der Waals surface area (Å²) in [6.07, 6.45) is 0.158. The number of nitrogens with zero attached hydrogens (tertiary/aromatic N) is 3. The number of alkyl carbamates (subject to hydrolysis) is 1. The molecule has 0 bridgehead atoms. The second-order valence-corrected chi connectivity index (χ2v) is 7.59. The smallest absolute Gasteiger partial charge is 0.407 e. The van der Waals surface area contributed by atoms with E-state index in [0.717, 1.165) is 10.9 Å². The first kappa shape index (κ1) is 19.8. The minimum absolute atomic E-state index is 0.194. The number of hydrogen-bond donors (Lipinski definition) is 3. The van der Waals surface area contributed by atoms with Crippen molar-refractivity contribution in [2.45, 2.75) is 44.9 Å². The summed E-state index contributed by atoms with van der Waals surface area (Å²) in [5, 5.41) is 15.7. The molecule has 152 valence electrons. The molecule has 28 heavy (non-hydrogen) atoms. The van der Waals surface area contributed by atoms with E-state index in [1.807, 2.05) is 20.8 Å². The Morgan fingerprint density at radius 1 is 1.43 bits per heavy atom. The molecule has 2 amide bonds. The number of rotatable bonds is 4. The largest absolute Gasteiger partial charge is 0.444 e. The summed E-state index contributed by atoms with van der Waals surface area (Å²) in [6, 6.07) is 1.59. The van der Waals surface area contributed by atoms with Crippen molar-refractivity contribution in [2.75, 3.05) is 11.9 Å². The highest BCUT2D eigenvalue weighted by Crippen LogP contribution is 2.30. The maximum atomic E-state index is 13.6. The molecule has 3 N–H and O–H groups in total. The minimum atomic E-state index is -0.719. The number of anilines is 1. The first-order chi connectivity index (χ1) is 13.1. The third kappa shape index (κ3) is 4.66. The zero-order valence-corrected chi connectivity index (χ0v) is 16.1. The third-order valence-electron chi connectivity index (χ3n) is 4.01. The lowest BCUT2D eigenvalue weighted by atomic mass is 10.1. The number of carbonyl (C=O) groups is 2. The van der Waals surface area contributed by atoms with E-state index in [2.05, 4.69) is 25.9 Å². The van der Waals surface area contributed by atoms with Crippen LogP contribution < -0.4 is 10.6 Å². The van der Waals surface area contributed by atoms with Gasteiger partial charge >= 0.3 is 6.09 Å². The summed E-state index contributed by atoms with van der Waals surface area (Å²) in [5.41, 5.74) is 0.0304. The molecule has 11 heteroatoms. The number of nitrogens with one attached hydrogen (secondary N) is 3. The summed E-state index contributed by atoms with van der Waals surface area (Å²) in [5.74, 6) is -1.16. The lowest BCUT2D eigenvalue weighted by Crippen LogP contribution is -2.42. The van der Waals surface area contributed by atoms with Crippen molar-refractivity contribution in [1.29, 1.82) is 0 Å². The lowest BCUT2D eigenvalue weighted by molar-refractivity contribution is 0.0661. The first-order valence-electron chi connectivity index (χ1n) is 8.77. The van der Waals surface area contributed by atoms with Gasteiger partial charge in [0.05, 0.1) is 18.5 Å². The SMILES string of the molecule is Cn1ncc(F)c1C(=O)Nc1cc(C2CC(OC(=O)NC(C)(C)C)CO2)[nH]n1. The number of aryl methyl sites for hydroxylation is 1. The van der Waals surface area contributed by atoms with Crippen molar-refractivity contribution in [3.05, 3.63) is 29.5 Å². The maximum absolute atomic E-state index is 13.6. The number of carbonyl (C=O) groups excluding carboxylic acids is 2. The number of H-pyrrole nitrogens is 1. The summed E-state index contributed by atoms with van der Waals surface area (Å²) in [4.78, 5) is 24.0. The van der Waals surface area contributed by atoms with Gasteiger partial charge in [0.2, 0.25) is 0 Å². The van der Waals surface area contributed by atoms with Crippen molar-refractivity contribution in [3.63, 3.8) is 0 Å². The van der Waals surface area contributed by atoms with Crippen molar-refractivity contribution in [1.82, 2.24) is 25.3 Å². The van der Waals surface area contributed by atoms with E-state index in [1.54, 1.807) is 6.07 Å². The van der Waals surface area contributed by atoms with Crippen LogP contribution in [0.2, 0.25) is 0 Å². The fourth-order valence-electron chi connectivity index (χ4n) is 2.79. The number of aromatic nitrogens is 4. The first-order valence-corrected chi connectivity index (χ1v) is 8.77. The fourth-order valence-corrected chi connectivity index (χ4v) is 2.79. The molecular weight excluding hydrogens is 371 g/mol. The quantitative estimate of drug-likeness (QED) is 0.728. The van der Waals surface area contributed by atoms with E-state index >= 15 is 0 Å². The molecule has 2 aromatic heterocycles. The second kappa shape index (κ2) is 7.58. The number of amides is 2. The standard InChI is InChI=1S/C17H23FN6O4/c1-17(2,3)21-16(26)28-9-5-12(27-8-9)11-6-13(23-22-11)20-15(25)14-10(18)7-19-24(14)4/h6-7,9,12H,5,8H2,1-4H3,(H,21,26)(H2,20,22,23,25). The highest BCUT2D eigenvalue weighted by atomic mass is 19.1. The van der Waals surface area contributed by atoms with Gasteiger partial charge in [0.15, 0.2) is 17.3 Å². The molecule has 2 unspecified atom stereocenters. The zero-order valence-electron chi connectivity index (χ0n) is 16.1. The molecule has 0 radical (unpaired) electrons. The van der Waals surface area contributed by atoms with Crippen molar-refractivity contribution in [3.8, 4) is 0 Å². The van der Waals surface area contributed by atoms with Crippen LogP contribution in [0, 0.1) is 5.82 Å². The molecule has 0 aliphatic carbocycles. The average molecular weight is 394 g/mol. The highest BCUT2D eigenvalue weighted by Gasteiger charge is 2.31. The highest BCUT2D eigenvalue weighted by molar-refractivity contribution is 6.02. The van der Waals surface area contributed by atoms with E-state index in [4.69, 9.17) is 9.47 Å². The molecule has 0 spiro atoms. The third-order valence-corrected chi connectivity index (χ3v) is 4.01. The molecule has 2 atom stereocenters. The molecule has 3 rings (SSSR count). The van der Waals surface area contributed by atoms with Gasteiger partial charge in [0, 0.05) is 25.1 Å².